The summed E-state index contributed by atoms with van der Waals surface area (Å²) in [7, 11) is -2.69. The molecule has 0 saturated carbocycles. The van der Waals surface area contributed by atoms with Crippen molar-refractivity contribution in [1.82, 2.24) is 0 Å². The molecule has 116 valence electrons. The molecule has 0 aliphatic carbocycles. The molecule has 22 heavy (non-hydrogen) atoms. The van der Waals surface area contributed by atoms with E-state index in [0.717, 1.165) is 13.2 Å². The van der Waals surface area contributed by atoms with Gasteiger partial charge >= 0.3 is 5.97 Å². The van der Waals surface area contributed by atoms with Crippen molar-refractivity contribution < 1.29 is 23.1 Å². The number of phenolic OH excluding ortho intramolecular Hbond substituents is 1. The largest absolute Gasteiger partial charge is 0.507 e. The van der Waals surface area contributed by atoms with Gasteiger partial charge in [-0.15, -0.1) is 0 Å². The highest BCUT2D eigenvalue weighted by Gasteiger charge is 2.25. The van der Waals surface area contributed by atoms with Crippen molar-refractivity contribution in [3.8, 4) is 5.75 Å². The summed E-state index contributed by atoms with van der Waals surface area (Å²) < 4.78 is 29.9. The Morgan fingerprint density at radius 1 is 1.14 bits per heavy atom. The molecule has 0 aliphatic rings. The van der Waals surface area contributed by atoms with Gasteiger partial charge in [-0.3, -0.25) is 0 Å². The van der Waals surface area contributed by atoms with Crippen LogP contribution in [-0.4, -0.2) is 26.6 Å². The van der Waals surface area contributed by atoms with Crippen molar-refractivity contribution in [2.45, 2.75) is 16.7 Å². The fourth-order valence-corrected chi connectivity index (χ4v) is 3.70. The minimum Gasteiger partial charge on any atom is -0.507 e. The molecule has 0 amide bonds. The second-order valence-electron chi connectivity index (χ2n) is 4.53. The fraction of sp³-hybridized carbons (Fsp3) is 0.133. The van der Waals surface area contributed by atoms with Gasteiger partial charge in [0, 0.05) is 5.02 Å². The predicted molar refractivity (Wildman–Crippen MR) is 81.1 cm³/mol. The van der Waals surface area contributed by atoms with Crippen LogP contribution in [0.15, 0.2) is 46.2 Å². The first-order valence-electron chi connectivity index (χ1n) is 6.20. The molecule has 2 rings (SSSR count). The smallest absolute Gasteiger partial charge is 0.341 e. The Labute approximate surface area is 133 Å². The number of halogens is 1. The number of carbonyl (C=O) groups is 1. The van der Waals surface area contributed by atoms with E-state index in [1.165, 1.54) is 37.3 Å². The predicted octanol–water partition coefficient (Wildman–Crippen LogP) is 2.97. The van der Waals surface area contributed by atoms with Gasteiger partial charge in [0.25, 0.3) is 0 Å². The second-order valence-corrected chi connectivity index (χ2v) is 6.89. The van der Waals surface area contributed by atoms with E-state index in [1.807, 2.05) is 0 Å². The van der Waals surface area contributed by atoms with Crippen LogP contribution in [0.4, 0.5) is 0 Å². The number of ether oxygens (including phenoxy) is 1. The minimum absolute atomic E-state index is 0.0431. The maximum absolute atomic E-state index is 12.7. The van der Waals surface area contributed by atoms with Crippen molar-refractivity contribution in [3.63, 3.8) is 0 Å². The van der Waals surface area contributed by atoms with Crippen LogP contribution < -0.4 is 0 Å². The number of esters is 1. The van der Waals surface area contributed by atoms with Crippen molar-refractivity contribution in [2.24, 2.45) is 0 Å². The van der Waals surface area contributed by atoms with Crippen LogP contribution in [0.1, 0.15) is 15.9 Å². The molecular weight excluding hydrogens is 328 g/mol. The molecular formula is C15H13ClO5S. The molecule has 0 unspecified atom stereocenters. The monoisotopic (exact) mass is 340 g/mol. The summed E-state index contributed by atoms with van der Waals surface area (Å²) in [6, 6.07) is 8.09. The van der Waals surface area contributed by atoms with Gasteiger partial charge in [0.1, 0.15) is 11.3 Å². The van der Waals surface area contributed by atoms with E-state index < -0.39 is 15.8 Å². The SMILES string of the molecule is COC(=O)c1c(O)ccc(S(=O)(=O)c2ccc(Cl)cc2)c1C. The van der Waals surface area contributed by atoms with Crippen LogP contribution in [0, 0.1) is 6.92 Å². The number of benzene rings is 2. The van der Waals surface area contributed by atoms with E-state index in [0.29, 0.717) is 5.02 Å². The van der Waals surface area contributed by atoms with Gasteiger partial charge in [-0.25, -0.2) is 13.2 Å². The van der Waals surface area contributed by atoms with Crippen LogP contribution in [-0.2, 0) is 14.6 Å². The van der Waals surface area contributed by atoms with E-state index >= 15 is 0 Å². The van der Waals surface area contributed by atoms with Gasteiger partial charge in [0.15, 0.2) is 0 Å². The molecule has 5 nitrogen and oxygen atoms in total. The lowest BCUT2D eigenvalue weighted by Gasteiger charge is -2.12. The molecule has 2 aromatic carbocycles. The number of hydrogen-bond donors (Lipinski definition) is 1. The normalized spacial score (nSPS) is 11.2. The Morgan fingerprint density at radius 2 is 1.73 bits per heavy atom. The first-order chi connectivity index (χ1) is 10.3. The third-order valence-corrected chi connectivity index (χ3v) is 5.36. The number of methoxy groups -OCH3 is 1. The molecule has 2 aromatic rings. The fourth-order valence-electron chi connectivity index (χ4n) is 2.07. The zero-order valence-corrected chi connectivity index (χ0v) is 13.4. The zero-order valence-electron chi connectivity index (χ0n) is 11.8. The molecule has 0 heterocycles. The van der Waals surface area contributed by atoms with Gasteiger partial charge < -0.3 is 9.84 Å². The number of sulfone groups is 1. The molecule has 0 spiro atoms. The van der Waals surface area contributed by atoms with Crippen molar-refractivity contribution in [3.05, 3.63) is 52.5 Å². The highest BCUT2D eigenvalue weighted by atomic mass is 35.5. The van der Waals surface area contributed by atoms with Crippen molar-refractivity contribution >= 4 is 27.4 Å². The summed E-state index contributed by atoms with van der Waals surface area (Å²) in [6.07, 6.45) is 0. The second kappa shape index (κ2) is 5.98. The van der Waals surface area contributed by atoms with Gasteiger partial charge in [0.2, 0.25) is 9.84 Å². The van der Waals surface area contributed by atoms with E-state index in [-0.39, 0.29) is 26.7 Å². The maximum atomic E-state index is 12.7. The highest BCUT2D eigenvalue weighted by Crippen LogP contribution is 2.31. The topological polar surface area (TPSA) is 80.7 Å². The summed E-state index contributed by atoms with van der Waals surface area (Å²) in [5.41, 5.74) is -0.0423. The van der Waals surface area contributed by atoms with Gasteiger partial charge in [0.05, 0.1) is 16.9 Å². The van der Waals surface area contributed by atoms with Crippen molar-refractivity contribution in [1.29, 1.82) is 0 Å². The Morgan fingerprint density at radius 3 is 2.27 bits per heavy atom. The quantitative estimate of drug-likeness (QED) is 0.869. The molecule has 0 aliphatic heterocycles. The standard InChI is InChI=1S/C15H13ClO5S/c1-9-13(8-7-12(17)14(9)15(18)21-2)22(19,20)11-5-3-10(16)4-6-11/h3-8,17H,1-2H3. The molecule has 0 aromatic heterocycles. The number of rotatable bonds is 3. The van der Waals surface area contributed by atoms with Gasteiger partial charge in [-0.2, -0.15) is 0 Å². The Bertz CT molecular complexity index is 826. The average Bonchev–Trinajstić information content (AvgIpc) is 2.47. The molecule has 0 saturated heterocycles. The average molecular weight is 341 g/mol. The number of aromatic hydroxyl groups is 1. The third-order valence-electron chi connectivity index (χ3n) is 3.20. The Kier molecular flexibility index (Phi) is 4.44. The van der Waals surface area contributed by atoms with Gasteiger partial charge in [-0.1, -0.05) is 11.6 Å². The van der Waals surface area contributed by atoms with Crippen LogP contribution >= 0.6 is 11.6 Å². The highest BCUT2D eigenvalue weighted by molar-refractivity contribution is 7.91. The molecule has 1 N–H and O–H groups in total. The maximum Gasteiger partial charge on any atom is 0.341 e. The van der Waals surface area contributed by atoms with Crippen LogP contribution in [0.5, 0.6) is 5.75 Å². The van der Waals surface area contributed by atoms with Crippen LogP contribution in [0.25, 0.3) is 0 Å². The zero-order chi connectivity index (χ0) is 16.5. The summed E-state index contributed by atoms with van der Waals surface area (Å²) >= 11 is 5.76. The summed E-state index contributed by atoms with van der Waals surface area (Å²) in [6.45, 7) is 1.44. The minimum atomic E-state index is -3.84. The first kappa shape index (κ1) is 16.3. The van der Waals surface area contributed by atoms with Crippen LogP contribution in [0.3, 0.4) is 0 Å². The van der Waals surface area contributed by atoms with E-state index in [2.05, 4.69) is 4.74 Å². The molecule has 7 heteroatoms. The van der Waals surface area contributed by atoms with E-state index in [4.69, 9.17) is 11.6 Å². The summed E-state index contributed by atoms with van der Waals surface area (Å²) in [5.74, 6) is -1.14. The molecule has 0 atom stereocenters. The number of carbonyl (C=O) groups excluding carboxylic acids is 1. The summed E-state index contributed by atoms with van der Waals surface area (Å²) in [4.78, 5) is 11.7. The molecule has 0 radical (unpaired) electrons. The van der Waals surface area contributed by atoms with E-state index in [1.54, 1.807) is 0 Å². The number of hydrogen-bond acceptors (Lipinski definition) is 5. The lowest BCUT2D eigenvalue weighted by Crippen LogP contribution is -2.10. The first-order valence-corrected chi connectivity index (χ1v) is 8.06. The van der Waals surface area contributed by atoms with Crippen LogP contribution in [0.2, 0.25) is 5.02 Å². The molecule has 0 fully saturated rings. The number of phenols is 1. The van der Waals surface area contributed by atoms with E-state index in [9.17, 15) is 18.3 Å². The van der Waals surface area contributed by atoms with Crippen molar-refractivity contribution in [2.75, 3.05) is 7.11 Å². The third kappa shape index (κ3) is 2.80. The molecule has 0 bridgehead atoms. The Balaban J connectivity index is 2.67. The lowest BCUT2D eigenvalue weighted by atomic mass is 10.1. The lowest BCUT2D eigenvalue weighted by molar-refractivity contribution is 0.0596. The van der Waals surface area contributed by atoms with Gasteiger partial charge in [-0.05, 0) is 48.9 Å². The Hall–Kier alpha value is -2.05. The summed E-state index contributed by atoms with van der Waals surface area (Å²) in [5, 5.41) is 10.2.